The number of hydrogen-bond acceptors (Lipinski definition) is 4. The Bertz CT molecular complexity index is 1160. The molecular formula is C25H21BrN4. The first kappa shape index (κ1) is 19.1. The number of benzene rings is 2. The van der Waals surface area contributed by atoms with Crippen LogP contribution in [0.15, 0.2) is 83.6 Å². The fraction of sp³-hybridized carbons (Fsp3) is 0.160. The maximum Gasteiger partial charge on any atom is 0.159 e. The molecule has 1 aliphatic rings. The van der Waals surface area contributed by atoms with Gasteiger partial charge < -0.3 is 0 Å². The molecule has 30 heavy (non-hydrogen) atoms. The Labute approximate surface area is 184 Å². The highest BCUT2D eigenvalue weighted by molar-refractivity contribution is 9.10. The SMILES string of the molecule is Brc1ccccc1-c1ccc(CN2CCc3nc(-c4ccccc4)ncc3C2)cn1. The van der Waals surface area contributed by atoms with Crippen molar-refractivity contribution in [2.45, 2.75) is 19.5 Å². The topological polar surface area (TPSA) is 41.9 Å². The number of nitrogens with zero attached hydrogens (tertiary/aromatic N) is 4. The molecule has 2 aromatic carbocycles. The second kappa shape index (κ2) is 8.46. The molecule has 1 aliphatic heterocycles. The summed E-state index contributed by atoms with van der Waals surface area (Å²) in [5, 5.41) is 0. The zero-order valence-electron chi connectivity index (χ0n) is 16.5. The van der Waals surface area contributed by atoms with Crippen LogP contribution in [0.25, 0.3) is 22.6 Å². The van der Waals surface area contributed by atoms with E-state index in [1.165, 1.54) is 16.8 Å². The lowest BCUT2D eigenvalue weighted by molar-refractivity contribution is 0.242. The molecule has 148 valence electrons. The lowest BCUT2D eigenvalue weighted by atomic mass is 10.1. The van der Waals surface area contributed by atoms with Gasteiger partial charge in [-0.2, -0.15) is 0 Å². The van der Waals surface area contributed by atoms with E-state index in [0.29, 0.717) is 0 Å². The normalized spacial score (nSPS) is 13.8. The Morgan fingerprint density at radius 1 is 0.867 bits per heavy atom. The minimum atomic E-state index is 0.815. The van der Waals surface area contributed by atoms with Gasteiger partial charge >= 0.3 is 0 Å². The number of pyridine rings is 1. The summed E-state index contributed by atoms with van der Waals surface area (Å²) in [7, 11) is 0. The van der Waals surface area contributed by atoms with Gasteiger partial charge in [0.1, 0.15) is 0 Å². The second-order valence-electron chi connectivity index (χ2n) is 7.52. The van der Waals surface area contributed by atoms with Crippen molar-refractivity contribution in [1.82, 2.24) is 19.9 Å². The van der Waals surface area contributed by atoms with Crippen LogP contribution in [0.4, 0.5) is 0 Å². The summed E-state index contributed by atoms with van der Waals surface area (Å²) in [4.78, 5) is 16.5. The molecule has 3 heterocycles. The molecule has 0 saturated carbocycles. The van der Waals surface area contributed by atoms with E-state index in [1.54, 1.807) is 0 Å². The van der Waals surface area contributed by atoms with E-state index in [1.807, 2.05) is 48.8 Å². The highest BCUT2D eigenvalue weighted by Crippen LogP contribution is 2.27. The van der Waals surface area contributed by atoms with Gasteiger partial charge in [0.15, 0.2) is 5.82 Å². The maximum absolute atomic E-state index is 4.82. The van der Waals surface area contributed by atoms with Crippen LogP contribution < -0.4 is 0 Å². The van der Waals surface area contributed by atoms with Crippen LogP contribution in [0.1, 0.15) is 16.8 Å². The molecule has 4 nitrogen and oxygen atoms in total. The van der Waals surface area contributed by atoms with Gasteiger partial charge in [-0.25, -0.2) is 9.97 Å². The van der Waals surface area contributed by atoms with Crippen molar-refractivity contribution < 1.29 is 0 Å². The van der Waals surface area contributed by atoms with Crippen LogP contribution in [-0.4, -0.2) is 26.4 Å². The summed E-state index contributed by atoms with van der Waals surface area (Å²) < 4.78 is 1.06. The smallest absolute Gasteiger partial charge is 0.159 e. The minimum Gasteiger partial charge on any atom is -0.294 e. The number of fused-ring (bicyclic) bond motifs is 1. The average molecular weight is 457 g/mol. The van der Waals surface area contributed by atoms with E-state index in [0.717, 1.165) is 53.2 Å². The van der Waals surface area contributed by atoms with Gasteiger partial charge in [-0.15, -0.1) is 0 Å². The molecule has 0 amide bonds. The van der Waals surface area contributed by atoms with Crippen LogP contribution in [-0.2, 0) is 19.5 Å². The zero-order valence-corrected chi connectivity index (χ0v) is 18.1. The van der Waals surface area contributed by atoms with Crippen LogP contribution >= 0.6 is 15.9 Å². The van der Waals surface area contributed by atoms with Crippen molar-refractivity contribution in [2.75, 3.05) is 6.54 Å². The Hall–Kier alpha value is -2.89. The Morgan fingerprint density at radius 3 is 2.50 bits per heavy atom. The largest absolute Gasteiger partial charge is 0.294 e. The first-order valence-corrected chi connectivity index (χ1v) is 10.9. The molecule has 0 unspecified atom stereocenters. The average Bonchev–Trinajstić information content (AvgIpc) is 2.80. The number of aromatic nitrogens is 3. The van der Waals surface area contributed by atoms with Crippen LogP contribution in [0.3, 0.4) is 0 Å². The van der Waals surface area contributed by atoms with E-state index in [-0.39, 0.29) is 0 Å². The Balaban J connectivity index is 1.28. The van der Waals surface area contributed by atoms with Gasteiger partial charge in [-0.3, -0.25) is 9.88 Å². The first-order chi connectivity index (χ1) is 14.8. The highest BCUT2D eigenvalue weighted by atomic mass is 79.9. The Morgan fingerprint density at radius 2 is 1.70 bits per heavy atom. The number of rotatable bonds is 4. The molecule has 5 rings (SSSR count). The predicted molar refractivity (Wildman–Crippen MR) is 123 cm³/mol. The van der Waals surface area contributed by atoms with Crippen LogP contribution in [0.5, 0.6) is 0 Å². The third-order valence-corrected chi connectivity index (χ3v) is 6.12. The third-order valence-electron chi connectivity index (χ3n) is 5.43. The summed E-state index contributed by atoms with van der Waals surface area (Å²) in [6.07, 6.45) is 4.92. The second-order valence-corrected chi connectivity index (χ2v) is 8.38. The molecule has 0 fully saturated rings. The van der Waals surface area contributed by atoms with Gasteiger partial charge in [0, 0.05) is 59.6 Å². The fourth-order valence-electron chi connectivity index (χ4n) is 3.84. The molecule has 5 heteroatoms. The molecule has 4 aromatic rings. The summed E-state index contributed by atoms with van der Waals surface area (Å²) in [5.41, 5.74) is 6.77. The molecule has 0 bridgehead atoms. The van der Waals surface area contributed by atoms with E-state index in [4.69, 9.17) is 4.98 Å². The van der Waals surface area contributed by atoms with Gasteiger partial charge in [0.2, 0.25) is 0 Å². The van der Waals surface area contributed by atoms with Crippen molar-refractivity contribution in [2.24, 2.45) is 0 Å². The summed E-state index contributed by atoms with van der Waals surface area (Å²) in [6, 6.07) is 22.6. The first-order valence-electron chi connectivity index (χ1n) is 10.1. The molecule has 0 spiro atoms. The van der Waals surface area contributed by atoms with E-state index in [9.17, 15) is 0 Å². The fourth-order valence-corrected chi connectivity index (χ4v) is 4.33. The lowest BCUT2D eigenvalue weighted by Crippen LogP contribution is -2.31. The third kappa shape index (κ3) is 4.04. The molecule has 0 aliphatic carbocycles. The summed E-state index contributed by atoms with van der Waals surface area (Å²) in [5.74, 6) is 0.815. The summed E-state index contributed by atoms with van der Waals surface area (Å²) >= 11 is 3.61. The van der Waals surface area contributed by atoms with Crippen molar-refractivity contribution in [3.8, 4) is 22.6 Å². The lowest BCUT2D eigenvalue weighted by Gasteiger charge is -2.28. The van der Waals surface area contributed by atoms with E-state index < -0.39 is 0 Å². The molecule has 0 saturated heterocycles. The highest BCUT2D eigenvalue weighted by Gasteiger charge is 2.19. The minimum absolute atomic E-state index is 0.815. The van der Waals surface area contributed by atoms with Gasteiger partial charge in [0.05, 0.1) is 11.4 Å². The van der Waals surface area contributed by atoms with Crippen molar-refractivity contribution in [3.05, 3.63) is 100 Å². The zero-order chi connectivity index (χ0) is 20.3. The van der Waals surface area contributed by atoms with E-state index >= 15 is 0 Å². The number of hydrogen-bond donors (Lipinski definition) is 0. The molecule has 0 radical (unpaired) electrons. The van der Waals surface area contributed by atoms with E-state index in [2.05, 4.69) is 61.1 Å². The molecule has 0 N–H and O–H groups in total. The molecule has 0 atom stereocenters. The van der Waals surface area contributed by atoms with Gasteiger partial charge in [0.25, 0.3) is 0 Å². The van der Waals surface area contributed by atoms with Gasteiger partial charge in [-0.05, 0) is 17.7 Å². The molecular weight excluding hydrogens is 436 g/mol. The Kier molecular flexibility index (Phi) is 5.39. The maximum atomic E-state index is 4.82. The number of halogens is 1. The van der Waals surface area contributed by atoms with Crippen LogP contribution in [0, 0.1) is 0 Å². The van der Waals surface area contributed by atoms with Crippen LogP contribution in [0.2, 0.25) is 0 Å². The van der Waals surface area contributed by atoms with Crippen molar-refractivity contribution in [1.29, 1.82) is 0 Å². The van der Waals surface area contributed by atoms with Crippen molar-refractivity contribution in [3.63, 3.8) is 0 Å². The summed E-state index contributed by atoms with van der Waals surface area (Å²) in [6.45, 7) is 2.74. The molecule has 2 aromatic heterocycles. The van der Waals surface area contributed by atoms with Gasteiger partial charge in [-0.1, -0.05) is 70.5 Å². The standard InChI is InChI=1S/C25H21BrN4/c26-22-9-5-4-8-21(22)24-11-10-18(14-27-24)16-30-13-12-23-20(17-30)15-28-25(29-23)19-6-2-1-3-7-19/h1-11,14-15H,12-13,16-17H2. The van der Waals surface area contributed by atoms with Crippen molar-refractivity contribution >= 4 is 15.9 Å². The quantitative estimate of drug-likeness (QED) is 0.404. The monoisotopic (exact) mass is 456 g/mol. The predicted octanol–water partition coefficient (Wildman–Crippen LogP) is 5.53.